The van der Waals surface area contributed by atoms with Gasteiger partial charge in [-0.1, -0.05) is 12.1 Å². The fraction of sp³-hybridized carbons (Fsp3) is 0.125. The van der Waals surface area contributed by atoms with Crippen LogP contribution in [0.1, 0.15) is 10.4 Å². The van der Waals surface area contributed by atoms with Gasteiger partial charge in [-0.25, -0.2) is 22.2 Å². The lowest BCUT2D eigenvalue weighted by Crippen LogP contribution is -2.25. The SMILES string of the molecule is CNC(=O)c1c(-c2ccc(F)cc2)oc2cc(N(C)S(C)(=O)=O)c(-c3ccc(NC)c(-c4nc5c(F)cccc5o4)c3)cc12. The molecular weight excluding hydrogens is 590 g/mol. The van der Waals surface area contributed by atoms with Crippen molar-refractivity contribution in [1.29, 1.82) is 0 Å². The van der Waals surface area contributed by atoms with Crippen LogP contribution in [0.25, 0.3) is 56.0 Å². The second kappa shape index (κ2) is 10.8. The number of benzene rings is 4. The van der Waals surface area contributed by atoms with Gasteiger partial charge in [-0.3, -0.25) is 9.10 Å². The van der Waals surface area contributed by atoms with Crippen molar-refractivity contribution in [3.8, 4) is 33.9 Å². The number of nitrogens with one attached hydrogen (secondary N) is 2. The summed E-state index contributed by atoms with van der Waals surface area (Å²) >= 11 is 0. The van der Waals surface area contributed by atoms with Crippen molar-refractivity contribution >= 4 is 49.4 Å². The van der Waals surface area contributed by atoms with E-state index in [1.54, 1.807) is 43.4 Å². The van der Waals surface area contributed by atoms with Crippen molar-refractivity contribution in [3.63, 3.8) is 0 Å². The second-order valence-corrected chi connectivity index (χ2v) is 12.1. The quantitative estimate of drug-likeness (QED) is 0.206. The van der Waals surface area contributed by atoms with E-state index in [-0.39, 0.29) is 39.6 Å². The molecule has 0 atom stereocenters. The number of para-hydroxylation sites is 1. The summed E-state index contributed by atoms with van der Waals surface area (Å²) in [6.45, 7) is 0. The Morgan fingerprint density at radius 2 is 1.61 bits per heavy atom. The predicted octanol–water partition coefficient (Wildman–Crippen LogP) is 6.65. The number of carbonyl (C=O) groups excluding carboxylic acids is 1. The van der Waals surface area contributed by atoms with Crippen LogP contribution in [0.15, 0.2) is 81.6 Å². The fourth-order valence-electron chi connectivity index (χ4n) is 5.09. The predicted molar refractivity (Wildman–Crippen MR) is 166 cm³/mol. The summed E-state index contributed by atoms with van der Waals surface area (Å²) in [5, 5.41) is 6.12. The van der Waals surface area contributed by atoms with Crippen LogP contribution in [0.2, 0.25) is 0 Å². The molecule has 0 fully saturated rings. The molecule has 0 aliphatic rings. The third kappa shape index (κ3) is 4.92. The normalized spacial score (nSPS) is 11.7. The average molecular weight is 617 g/mol. The zero-order chi connectivity index (χ0) is 31.3. The van der Waals surface area contributed by atoms with Crippen molar-refractivity contribution in [2.45, 2.75) is 0 Å². The lowest BCUT2D eigenvalue weighted by atomic mass is 9.96. The van der Waals surface area contributed by atoms with Crippen molar-refractivity contribution < 1.29 is 30.8 Å². The highest BCUT2D eigenvalue weighted by Crippen LogP contribution is 2.43. The van der Waals surface area contributed by atoms with Crippen molar-refractivity contribution in [2.24, 2.45) is 0 Å². The van der Waals surface area contributed by atoms with E-state index in [2.05, 4.69) is 15.6 Å². The molecule has 0 radical (unpaired) electrons. The summed E-state index contributed by atoms with van der Waals surface area (Å²) in [6, 6.07) is 18.5. The Bertz CT molecular complexity index is 2190. The van der Waals surface area contributed by atoms with E-state index in [0.29, 0.717) is 33.3 Å². The van der Waals surface area contributed by atoms with Crippen LogP contribution in [-0.4, -0.2) is 46.7 Å². The summed E-state index contributed by atoms with van der Waals surface area (Å²) in [6.07, 6.45) is 1.07. The van der Waals surface area contributed by atoms with Gasteiger partial charge in [0.05, 0.1) is 23.1 Å². The second-order valence-electron chi connectivity index (χ2n) is 10.1. The molecule has 0 saturated carbocycles. The van der Waals surface area contributed by atoms with Gasteiger partial charge in [0.2, 0.25) is 15.9 Å². The molecule has 9 nitrogen and oxygen atoms in total. The first-order valence-corrected chi connectivity index (χ1v) is 15.2. The fourth-order valence-corrected chi connectivity index (χ4v) is 5.60. The minimum atomic E-state index is -3.75. The van der Waals surface area contributed by atoms with Crippen LogP contribution in [0.3, 0.4) is 0 Å². The Balaban J connectivity index is 1.64. The van der Waals surface area contributed by atoms with Crippen LogP contribution >= 0.6 is 0 Å². The van der Waals surface area contributed by atoms with Crippen LogP contribution in [0.4, 0.5) is 20.2 Å². The number of anilines is 2. The largest absolute Gasteiger partial charge is 0.455 e. The summed E-state index contributed by atoms with van der Waals surface area (Å²) in [7, 11) is 0.862. The Morgan fingerprint density at radius 1 is 0.886 bits per heavy atom. The number of aromatic nitrogens is 1. The van der Waals surface area contributed by atoms with E-state index in [0.717, 1.165) is 10.6 Å². The van der Waals surface area contributed by atoms with Crippen LogP contribution < -0.4 is 14.9 Å². The Kier molecular flexibility index (Phi) is 7.08. The maximum absolute atomic E-state index is 14.5. The van der Waals surface area contributed by atoms with E-state index in [9.17, 15) is 22.0 Å². The molecule has 4 aromatic carbocycles. The van der Waals surface area contributed by atoms with E-state index in [1.807, 2.05) is 0 Å². The number of nitrogens with zero attached hydrogens (tertiary/aromatic N) is 2. The third-order valence-corrected chi connectivity index (χ3v) is 8.60. The molecule has 0 spiro atoms. The van der Waals surface area contributed by atoms with Crippen LogP contribution in [-0.2, 0) is 10.0 Å². The monoisotopic (exact) mass is 616 g/mol. The molecule has 0 aliphatic carbocycles. The van der Waals surface area contributed by atoms with Gasteiger partial charge in [-0.15, -0.1) is 0 Å². The van der Waals surface area contributed by atoms with Gasteiger partial charge >= 0.3 is 0 Å². The van der Waals surface area contributed by atoms with Gasteiger partial charge in [0.1, 0.15) is 22.7 Å². The van der Waals surface area contributed by atoms with E-state index in [1.165, 1.54) is 50.5 Å². The molecule has 0 unspecified atom stereocenters. The van der Waals surface area contributed by atoms with Gasteiger partial charge in [-0.05, 0) is 60.2 Å². The molecule has 224 valence electrons. The van der Waals surface area contributed by atoms with E-state index in [4.69, 9.17) is 8.83 Å². The molecule has 0 saturated heterocycles. The van der Waals surface area contributed by atoms with Crippen LogP contribution in [0, 0.1) is 11.6 Å². The molecule has 6 aromatic rings. The lowest BCUT2D eigenvalue weighted by molar-refractivity contribution is 0.0964. The van der Waals surface area contributed by atoms with Gasteiger partial charge in [0.15, 0.2) is 11.4 Å². The molecule has 1 amide bonds. The first-order valence-electron chi connectivity index (χ1n) is 13.4. The number of amides is 1. The summed E-state index contributed by atoms with van der Waals surface area (Å²) in [5.41, 5.74) is 3.68. The zero-order valence-corrected chi connectivity index (χ0v) is 24.8. The number of oxazole rings is 1. The topological polar surface area (TPSA) is 118 Å². The number of fused-ring (bicyclic) bond motifs is 2. The van der Waals surface area contributed by atoms with Crippen LogP contribution in [0.5, 0.6) is 0 Å². The maximum Gasteiger partial charge on any atom is 0.255 e. The first kappa shape index (κ1) is 28.9. The number of hydrogen-bond donors (Lipinski definition) is 2. The summed E-state index contributed by atoms with van der Waals surface area (Å²) in [4.78, 5) is 17.6. The number of hydrogen-bond acceptors (Lipinski definition) is 7. The molecule has 0 bridgehead atoms. The molecule has 12 heteroatoms. The standard InChI is InChI=1S/C32H26F2N4O5S/c1-35-24-13-10-18(14-21(24)32-37-29-23(34)6-5-7-26(29)43-32)20-15-22-27(16-25(20)38(3)44(4,40)41)42-30(28(22)31(39)36-2)17-8-11-19(33)12-9-17/h5-16,35H,1-4H3,(H,36,39). The molecule has 6 rings (SSSR count). The van der Waals surface area contributed by atoms with Crippen molar-refractivity contribution in [2.75, 3.05) is 37.0 Å². The van der Waals surface area contributed by atoms with E-state index < -0.39 is 27.6 Å². The molecule has 0 aliphatic heterocycles. The minimum Gasteiger partial charge on any atom is -0.455 e. The molecule has 2 N–H and O–H groups in total. The average Bonchev–Trinajstić information content (AvgIpc) is 3.62. The molecule has 2 heterocycles. The smallest absolute Gasteiger partial charge is 0.255 e. The zero-order valence-electron chi connectivity index (χ0n) is 24.0. The number of carbonyl (C=O) groups is 1. The molecular formula is C32H26F2N4O5S. The maximum atomic E-state index is 14.5. The van der Waals surface area contributed by atoms with Gasteiger partial charge < -0.3 is 19.5 Å². The summed E-state index contributed by atoms with van der Waals surface area (Å²) in [5.74, 6) is -1.07. The van der Waals surface area contributed by atoms with Gasteiger partial charge in [-0.2, -0.15) is 0 Å². The highest BCUT2D eigenvalue weighted by atomic mass is 32.2. The Morgan fingerprint density at radius 3 is 2.27 bits per heavy atom. The number of furan rings is 1. The molecule has 2 aromatic heterocycles. The van der Waals surface area contributed by atoms with Gasteiger partial charge in [0, 0.05) is 49.4 Å². The number of rotatable bonds is 7. The van der Waals surface area contributed by atoms with Crippen molar-refractivity contribution in [1.82, 2.24) is 10.3 Å². The highest BCUT2D eigenvalue weighted by molar-refractivity contribution is 7.92. The van der Waals surface area contributed by atoms with Crippen molar-refractivity contribution in [3.05, 3.63) is 90.0 Å². The Hall–Kier alpha value is -5.23. The highest BCUT2D eigenvalue weighted by Gasteiger charge is 2.26. The molecule has 44 heavy (non-hydrogen) atoms. The van der Waals surface area contributed by atoms with E-state index >= 15 is 0 Å². The first-order chi connectivity index (χ1) is 21.0. The lowest BCUT2D eigenvalue weighted by Gasteiger charge is -2.21. The number of halogens is 2. The Labute approximate surface area is 251 Å². The van der Waals surface area contributed by atoms with Gasteiger partial charge in [0.25, 0.3) is 5.91 Å². The third-order valence-electron chi connectivity index (χ3n) is 7.40. The summed E-state index contributed by atoms with van der Waals surface area (Å²) < 4.78 is 66.9. The number of sulfonamides is 1. The minimum absolute atomic E-state index is 0.0795.